The van der Waals surface area contributed by atoms with E-state index in [-0.39, 0.29) is 5.41 Å². The molecule has 0 saturated heterocycles. The summed E-state index contributed by atoms with van der Waals surface area (Å²) in [6.45, 7) is 12.1. The van der Waals surface area contributed by atoms with Crippen molar-refractivity contribution >= 4 is 11.3 Å². The van der Waals surface area contributed by atoms with Crippen LogP contribution in [-0.2, 0) is 13.2 Å². The molecule has 2 nitrogen and oxygen atoms in total. The highest BCUT2D eigenvalue weighted by molar-refractivity contribution is 7.08. The van der Waals surface area contributed by atoms with Crippen molar-refractivity contribution in [3.05, 3.63) is 88.6 Å². The largest absolute Gasteiger partial charge is 0.489 e. The SMILES string of the molecule is CCCN(C/C=C/C#CC(C)(C)C)Cc1cccc(COc2cccc(-c3ccsc3)c2)c1. The predicted octanol–water partition coefficient (Wildman–Crippen LogP) is 7.81. The van der Waals surface area contributed by atoms with E-state index in [0.29, 0.717) is 6.61 Å². The zero-order valence-corrected chi connectivity index (χ0v) is 21.1. The second-order valence-electron chi connectivity index (χ2n) is 9.31. The van der Waals surface area contributed by atoms with Gasteiger partial charge >= 0.3 is 0 Å². The van der Waals surface area contributed by atoms with Crippen LogP contribution in [-0.4, -0.2) is 18.0 Å². The van der Waals surface area contributed by atoms with Crippen LogP contribution >= 0.6 is 11.3 Å². The Balaban J connectivity index is 1.58. The van der Waals surface area contributed by atoms with E-state index in [9.17, 15) is 0 Å². The Kier molecular flexibility index (Phi) is 9.36. The van der Waals surface area contributed by atoms with Crippen molar-refractivity contribution in [3.8, 4) is 28.7 Å². The van der Waals surface area contributed by atoms with Gasteiger partial charge < -0.3 is 4.74 Å². The molecule has 0 radical (unpaired) electrons. The average Bonchev–Trinajstić information content (AvgIpc) is 3.32. The lowest BCUT2D eigenvalue weighted by Gasteiger charge is -2.20. The molecule has 1 aromatic heterocycles. The molecule has 0 saturated carbocycles. The molecule has 0 aliphatic rings. The molecule has 3 rings (SSSR count). The Morgan fingerprint density at radius 3 is 2.58 bits per heavy atom. The van der Waals surface area contributed by atoms with E-state index >= 15 is 0 Å². The smallest absolute Gasteiger partial charge is 0.120 e. The van der Waals surface area contributed by atoms with Gasteiger partial charge in [0.05, 0.1) is 0 Å². The zero-order chi connectivity index (χ0) is 23.5. The van der Waals surface area contributed by atoms with Crippen LogP contribution in [0.15, 0.2) is 77.5 Å². The lowest BCUT2D eigenvalue weighted by atomic mass is 9.98. The Bertz CT molecular complexity index is 1080. The standard InChI is InChI=1S/C30H35NOS/c1-5-17-31(18-8-6-7-16-30(2,3)4)22-25-11-9-12-26(20-25)23-32-29-14-10-13-27(21-29)28-15-19-33-24-28/h6,8-15,19-21,24H,5,17-18,22-23H2,1-4H3/b8-6+. The fourth-order valence-electron chi connectivity index (χ4n) is 3.51. The summed E-state index contributed by atoms with van der Waals surface area (Å²) in [6.07, 6.45) is 5.29. The molecule has 0 unspecified atom stereocenters. The van der Waals surface area contributed by atoms with Crippen LogP contribution in [0.2, 0.25) is 0 Å². The maximum absolute atomic E-state index is 6.12. The molecule has 1 heterocycles. The van der Waals surface area contributed by atoms with Crippen LogP contribution in [0.1, 0.15) is 45.2 Å². The van der Waals surface area contributed by atoms with Gasteiger partial charge in [-0.25, -0.2) is 0 Å². The van der Waals surface area contributed by atoms with Gasteiger partial charge in [0.25, 0.3) is 0 Å². The molecule has 0 fully saturated rings. The van der Waals surface area contributed by atoms with Crippen LogP contribution in [0.3, 0.4) is 0 Å². The first-order valence-corrected chi connectivity index (χ1v) is 12.6. The minimum atomic E-state index is 0.0428. The average molecular weight is 458 g/mol. The van der Waals surface area contributed by atoms with E-state index in [2.05, 4.69) is 110 Å². The quantitative estimate of drug-likeness (QED) is 0.288. The third-order valence-electron chi connectivity index (χ3n) is 5.04. The Morgan fingerprint density at radius 1 is 1.00 bits per heavy atom. The second kappa shape index (κ2) is 12.4. The summed E-state index contributed by atoms with van der Waals surface area (Å²) >= 11 is 1.71. The Hall–Kier alpha value is -2.80. The molecule has 2 aromatic carbocycles. The van der Waals surface area contributed by atoms with Crippen LogP contribution in [0, 0.1) is 17.3 Å². The number of nitrogens with zero attached hydrogens (tertiary/aromatic N) is 1. The topological polar surface area (TPSA) is 12.5 Å². The zero-order valence-electron chi connectivity index (χ0n) is 20.3. The molecule has 0 aliphatic heterocycles. The molecule has 3 heteroatoms. The summed E-state index contributed by atoms with van der Waals surface area (Å²) in [7, 11) is 0. The minimum absolute atomic E-state index is 0.0428. The summed E-state index contributed by atoms with van der Waals surface area (Å²) in [5, 5.41) is 4.27. The molecule has 0 atom stereocenters. The van der Waals surface area contributed by atoms with Crippen molar-refractivity contribution in [1.29, 1.82) is 0 Å². The first-order chi connectivity index (χ1) is 15.9. The van der Waals surface area contributed by atoms with Gasteiger partial charge in [-0.05, 0) is 91.0 Å². The molecule has 33 heavy (non-hydrogen) atoms. The van der Waals surface area contributed by atoms with E-state index in [1.807, 2.05) is 12.1 Å². The van der Waals surface area contributed by atoms with Crippen molar-refractivity contribution in [3.63, 3.8) is 0 Å². The van der Waals surface area contributed by atoms with Crippen molar-refractivity contribution in [2.24, 2.45) is 5.41 Å². The van der Waals surface area contributed by atoms with Crippen molar-refractivity contribution in [2.45, 2.75) is 47.3 Å². The number of thiophene rings is 1. The maximum atomic E-state index is 6.12. The molecule has 172 valence electrons. The minimum Gasteiger partial charge on any atom is -0.489 e. The molecule has 0 bridgehead atoms. The highest BCUT2D eigenvalue weighted by atomic mass is 32.1. The highest BCUT2D eigenvalue weighted by Crippen LogP contribution is 2.26. The lowest BCUT2D eigenvalue weighted by Crippen LogP contribution is -2.24. The first-order valence-electron chi connectivity index (χ1n) is 11.7. The van der Waals surface area contributed by atoms with Crippen LogP contribution in [0.4, 0.5) is 0 Å². The van der Waals surface area contributed by atoms with E-state index in [4.69, 9.17) is 4.74 Å². The fraction of sp³-hybridized carbons (Fsp3) is 0.333. The fourth-order valence-corrected chi connectivity index (χ4v) is 4.17. The van der Waals surface area contributed by atoms with E-state index < -0.39 is 0 Å². The maximum Gasteiger partial charge on any atom is 0.120 e. The van der Waals surface area contributed by atoms with Gasteiger partial charge in [-0.2, -0.15) is 11.3 Å². The van der Waals surface area contributed by atoms with Gasteiger partial charge in [0.2, 0.25) is 0 Å². The number of benzene rings is 2. The van der Waals surface area contributed by atoms with Crippen molar-refractivity contribution < 1.29 is 4.74 Å². The van der Waals surface area contributed by atoms with Gasteiger partial charge in [-0.1, -0.05) is 61.2 Å². The Morgan fingerprint density at radius 2 is 1.82 bits per heavy atom. The van der Waals surface area contributed by atoms with Crippen LogP contribution < -0.4 is 4.74 Å². The van der Waals surface area contributed by atoms with Crippen LogP contribution in [0.25, 0.3) is 11.1 Å². The Labute approximate surface area is 203 Å². The second-order valence-corrected chi connectivity index (χ2v) is 10.1. The normalized spacial score (nSPS) is 11.5. The monoisotopic (exact) mass is 457 g/mol. The van der Waals surface area contributed by atoms with E-state index in [1.165, 1.54) is 22.3 Å². The summed E-state index contributed by atoms with van der Waals surface area (Å²) in [5.41, 5.74) is 4.98. The summed E-state index contributed by atoms with van der Waals surface area (Å²) in [6, 6.07) is 19.2. The number of rotatable bonds is 10. The predicted molar refractivity (Wildman–Crippen MR) is 142 cm³/mol. The lowest BCUT2D eigenvalue weighted by molar-refractivity contribution is 0.293. The van der Waals surface area contributed by atoms with Gasteiger partial charge in [0, 0.05) is 18.5 Å². The van der Waals surface area contributed by atoms with Gasteiger partial charge in [-0.3, -0.25) is 4.90 Å². The van der Waals surface area contributed by atoms with Gasteiger partial charge in [0.1, 0.15) is 12.4 Å². The van der Waals surface area contributed by atoms with E-state index in [0.717, 1.165) is 31.8 Å². The summed E-state index contributed by atoms with van der Waals surface area (Å²) in [4.78, 5) is 2.46. The number of ether oxygens (including phenoxy) is 1. The first kappa shape index (κ1) is 24.8. The molecular formula is C30H35NOS. The van der Waals surface area contributed by atoms with Crippen molar-refractivity contribution in [1.82, 2.24) is 4.90 Å². The highest BCUT2D eigenvalue weighted by Gasteiger charge is 2.06. The van der Waals surface area contributed by atoms with Gasteiger partial charge in [0.15, 0.2) is 0 Å². The number of hydrogen-bond donors (Lipinski definition) is 0. The molecule has 0 spiro atoms. The van der Waals surface area contributed by atoms with Crippen LogP contribution in [0.5, 0.6) is 5.75 Å². The van der Waals surface area contributed by atoms with Crippen molar-refractivity contribution in [2.75, 3.05) is 13.1 Å². The summed E-state index contributed by atoms with van der Waals surface area (Å²) in [5.74, 6) is 7.32. The third kappa shape index (κ3) is 8.92. The third-order valence-corrected chi connectivity index (χ3v) is 5.73. The molecule has 0 aliphatic carbocycles. The molecule has 0 amide bonds. The number of allylic oxidation sites excluding steroid dienone is 1. The van der Waals surface area contributed by atoms with Gasteiger partial charge in [-0.15, -0.1) is 0 Å². The van der Waals surface area contributed by atoms with E-state index in [1.54, 1.807) is 11.3 Å². The molecular weight excluding hydrogens is 422 g/mol. The molecule has 3 aromatic rings. The molecule has 0 N–H and O–H groups in total. The number of hydrogen-bond acceptors (Lipinski definition) is 3. The summed E-state index contributed by atoms with van der Waals surface area (Å²) < 4.78 is 6.12.